The quantitative estimate of drug-likeness (QED) is 0.942. The molecule has 0 fully saturated rings. The van der Waals surface area contributed by atoms with Crippen molar-refractivity contribution < 1.29 is 8.42 Å². The number of aromatic nitrogens is 2. The van der Waals surface area contributed by atoms with Crippen LogP contribution in [0.5, 0.6) is 0 Å². The van der Waals surface area contributed by atoms with E-state index in [4.69, 9.17) is 0 Å². The second kappa shape index (κ2) is 5.28. The summed E-state index contributed by atoms with van der Waals surface area (Å²) in [6.07, 6.45) is 1.54. The largest absolute Gasteiger partial charge is 0.276 e. The normalized spacial score (nSPS) is 11.6. The fraction of sp³-hybridized carbons (Fsp3) is 0.357. The van der Waals surface area contributed by atoms with Crippen LogP contribution in [0.4, 0.5) is 5.69 Å². The number of hydrogen-bond acceptors (Lipinski definition) is 3. The van der Waals surface area contributed by atoms with Crippen LogP contribution in [-0.4, -0.2) is 18.2 Å². The Kier molecular flexibility index (Phi) is 3.85. The lowest BCUT2D eigenvalue weighted by Crippen LogP contribution is -2.15. The van der Waals surface area contributed by atoms with Crippen molar-refractivity contribution >= 4 is 15.7 Å². The zero-order valence-corrected chi connectivity index (χ0v) is 13.0. The highest BCUT2D eigenvalue weighted by atomic mass is 32.2. The number of nitrogens with zero attached hydrogens (tertiary/aromatic N) is 2. The summed E-state index contributed by atoms with van der Waals surface area (Å²) in [7, 11) is -3.58. The van der Waals surface area contributed by atoms with Crippen molar-refractivity contribution in [3.8, 4) is 0 Å². The standard InChI is InChI=1S/C14H19N3O2S/c1-5-17-12(4)13(9-15-17)16-20(18,19)14-7-6-10(2)8-11(14)3/h6-9,16H,5H2,1-4H3. The van der Waals surface area contributed by atoms with Gasteiger partial charge in [0.15, 0.2) is 0 Å². The summed E-state index contributed by atoms with van der Waals surface area (Å²) in [6.45, 7) is 8.24. The van der Waals surface area contributed by atoms with Crippen LogP contribution in [-0.2, 0) is 16.6 Å². The van der Waals surface area contributed by atoms with Gasteiger partial charge in [0.2, 0.25) is 0 Å². The topological polar surface area (TPSA) is 64.0 Å². The average Bonchev–Trinajstić information content (AvgIpc) is 2.69. The Morgan fingerprint density at radius 2 is 1.95 bits per heavy atom. The van der Waals surface area contributed by atoms with Gasteiger partial charge in [-0.2, -0.15) is 5.10 Å². The van der Waals surface area contributed by atoms with Crippen molar-refractivity contribution in [1.82, 2.24) is 9.78 Å². The molecule has 0 unspecified atom stereocenters. The van der Waals surface area contributed by atoms with E-state index >= 15 is 0 Å². The van der Waals surface area contributed by atoms with Gasteiger partial charge in [-0.15, -0.1) is 0 Å². The molecule has 1 aromatic heterocycles. The summed E-state index contributed by atoms with van der Waals surface area (Å²) in [6, 6.07) is 5.29. The lowest BCUT2D eigenvalue weighted by Gasteiger charge is -2.10. The fourth-order valence-corrected chi connectivity index (χ4v) is 3.50. The number of nitrogens with one attached hydrogen (secondary N) is 1. The second-order valence-corrected chi connectivity index (χ2v) is 6.48. The molecule has 1 heterocycles. The number of benzene rings is 1. The maximum absolute atomic E-state index is 12.4. The molecule has 108 valence electrons. The van der Waals surface area contributed by atoms with Gasteiger partial charge in [-0.3, -0.25) is 9.40 Å². The third-order valence-electron chi connectivity index (χ3n) is 3.27. The maximum Gasteiger partial charge on any atom is 0.262 e. The molecule has 1 aromatic carbocycles. The van der Waals surface area contributed by atoms with Crippen molar-refractivity contribution in [3.05, 3.63) is 41.2 Å². The van der Waals surface area contributed by atoms with Gasteiger partial charge in [0.1, 0.15) is 0 Å². The van der Waals surface area contributed by atoms with Crippen molar-refractivity contribution in [2.24, 2.45) is 0 Å². The Bertz CT molecular complexity index is 733. The molecule has 1 N–H and O–H groups in total. The molecule has 0 radical (unpaired) electrons. The van der Waals surface area contributed by atoms with Crippen molar-refractivity contribution in [3.63, 3.8) is 0 Å². The van der Waals surface area contributed by atoms with E-state index in [9.17, 15) is 8.42 Å². The lowest BCUT2D eigenvalue weighted by atomic mass is 10.2. The SMILES string of the molecule is CCn1ncc(NS(=O)(=O)c2ccc(C)cc2C)c1C. The molecule has 0 bridgehead atoms. The highest BCUT2D eigenvalue weighted by molar-refractivity contribution is 7.92. The summed E-state index contributed by atoms with van der Waals surface area (Å²) < 4.78 is 29.2. The van der Waals surface area contributed by atoms with Gasteiger partial charge >= 0.3 is 0 Å². The van der Waals surface area contributed by atoms with Crippen molar-refractivity contribution in [2.45, 2.75) is 39.1 Å². The monoisotopic (exact) mass is 293 g/mol. The van der Waals surface area contributed by atoms with E-state index in [1.165, 1.54) is 0 Å². The molecule has 5 nitrogen and oxygen atoms in total. The highest BCUT2D eigenvalue weighted by Gasteiger charge is 2.19. The van der Waals surface area contributed by atoms with E-state index in [1.54, 1.807) is 29.9 Å². The summed E-state index contributed by atoms with van der Waals surface area (Å²) >= 11 is 0. The van der Waals surface area contributed by atoms with E-state index in [1.807, 2.05) is 26.8 Å². The lowest BCUT2D eigenvalue weighted by molar-refractivity contribution is 0.600. The highest BCUT2D eigenvalue weighted by Crippen LogP contribution is 2.22. The molecule has 0 amide bonds. The number of sulfonamides is 1. The molecule has 0 spiro atoms. The molecule has 2 rings (SSSR count). The second-order valence-electron chi connectivity index (χ2n) is 4.83. The summed E-state index contributed by atoms with van der Waals surface area (Å²) in [5.74, 6) is 0. The molecule has 0 atom stereocenters. The molecule has 0 saturated heterocycles. The average molecular weight is 293 g/mol. The van der Waals surface area contributed by atoms with E-state index in [0.717, 1.165) is 16.8 Å². The number of aryl methyl sites for hydroxylation is 3. The molecule has 0 aliphatic carbocycles. The van der Waals surface area contributed by atoms with Crippen LogP contribution in [0.3, 0.4) is 0 Å². The van der Waals surface area contributed by atoms with Gasteiger partial charge in [-0.25, -0.2) is 8.42 Å². The van der Waals surface area contributed by atoms with Gasteiger partial charge in [0.05, 0.1) is 22.5 Å². The Morgan fingerprint density at radius 3 is 2.50 bits per heavy atom. The van der Waals surface area contributed by atoms with Gasteiger partial charge in [0, 0.05) is 6.54 Å². The molecule has 20 heavy (non-hydrogen) atoms. The summed E-state index contributed by atoms with van der Waals surface area (Å²) in [5.41, 5.74) is 3.10. The first-order chi connectivity index (χ1) is 9.35. The van der Waals surface area contributed by atoms with Gasteiger partial charge < -0.3 is 0 Å². The predicted molar refractivity (Wildman–Crippen MR) is 79.4 cm³/mol. The Hall–Kier alpha value is -1.82. The van der Waals surface area contributed by atoms with Crippen LogP contribution in [0.1, 0.15) is 23.7 Å². The zero-order chi connectivity index (χ0) is 14.9. The summed E-state index contributed by atoms with van der Waals surface area (Å²) in [5, 5.41) is 4.14. The first kappa shape index (κ1) is 14.6. The van der Waals surface area contributed by atoms with Crippen LogP contribution in [0.25, 0.3) is 0 Å². The number of anilines is 1. The Balaban J connectivity index is 2.38. The van der Waals surface area contributed by atoms with Crippen molar-refractivity contribution in [2.75, 3.05) is 4.72 Å². The molecule has 6 heteroatoms. The minimum absolute atomic E-state index is 0.298. The predicted octanol–water partition coefficient (Wildman–Crippen LogP) is 2.63. The molecule has 0 aliphatic heterocycles. The molecule has 2 aromatic rings. The van der Waals surface area contributed by atoms with Gasteiger partial charge in [0.25, 0.3) is 10.0 Å². The molecule has 0 saturated carbocycles. The maximum atomic E-state index is 12.4. The third-order valence-corrected chi connectivity index (χ3v) is 4.79. The Morgan fingerprint density at radius 1 is 1.25 bits per heavy atom. The third kappa shape index (κ3) is 2.70. The first-order valence-electron chi connectivity index (χ1n) is 6.47. The minimum atomic E-state index is -3.58. The smallest absolute Gasteiger partial charge is 0.262 e. The van der Waals surface area contributed by atoms with Gasteiger partial charge in [-0.1, -0.05) is 17.7 Å². The van der Waals surface area contributed by atoms with Gasteiger partial charge in [-0.05, 0) is 39.3 Å². The van der Waals surface area contributed by atoms with E-state index in [-0.39, 0.29) is 0 Å². The van der Waals surface area contributed by atoms with E-state index in [2.05, 4.69) is 9.82 Å². The fourth-order valence-electron chi connectivity index (χ4n) is 2.17. The number of rotatable bonds is 4. The van der Waals surface area contributed by atoms with Crippen molar-refractivity contribution in [1.29, 1.82) is 0 Å². The van der Waals surface area contributed by atoms with E-state index < -0.39 is 10.0 Å². The molecular weight excluding hydrogens is 274 g/mol. The zero-order valence-electron chi connectivity index (χ0n) is 12.1. The van der Waals surface area contributed by atoms with Crippen LogP contribution < -0.4 is 4.72 Å². The molecule has 0 aliphatic rings. The van der Waals surface area contributed by atoms with Crippen LogP contribution in [0.15, 0.2) is 29.3 Å². The summed E-state index contributed by atoms with van der Waals surface area (Å²) in [4.78, 5) is 0.298. The van der Waals surface area contributed by atoms with E-state index in [0.29, 0.717) is 17.1 Å². The Labute approximate surface area is 119 Å². The van der Waals surface area contributed by atoms with Crippen LogP contribution in [0.2, 0.25) is 0 Å². The minimum Gasteiger partial charge on any atom is -0.276 e. The van der Waals surface area contributed by atoms with Crippen LogP contribution >= 0.6 is 0 Å². The first-order valence-corrected chi connectivity index (χ1v) is 7.96. The van der Waals surface area contributed by atoms with Crippen LogP contribution in [0, 0.1) is 20.8 Å². The number of hydrogen-bond donors (Lipinski definition) is 1. The molecular formula is C14H19N3O2S.